The molecule has 0 atom stereocenters. The maximum absolute atomic E-state index is 14.5. The molecule has 0 saturated heterocycles. The van der Waals surface area contributed by atoms with Gasteiger partial charge >= 0.3 is 24.1 Å². The summed E-state index contributed by atoms with van der Waals surface area (Å²) in [6.45, 7) is 2.62. The number of carbonyl (C=O) groups is 4. The van der Waals surface area contributed by atoms with Crippen LogP contribution in [0.4, 0.5) is 86.6 Å². The summed E-state index contributed by atoms with van der Waals surface area (Å²) in [5, 5.41) is 34.3. The van der Waals surface area contributed by atoms with Gasteiger partial charge in [-0.1, -0.05) is 225 Å². The number of benzene rings is 12. The molecule has 4 aliphatic rings. The number of halogens is 14. The molecular weight excluding hydrogens is 1660 g/mol. The van der Waals surface area contributed by atoms with Crippen molar-refractivity contribution in [2.24, 2.45) is 0 Å². The van der Waals surface area contributed by atoms with Crippen LogP contribution in [-0.4, -0.2) is 34.3 Å². The summed E-state index contributed by atoms with van der Waals surface area (Å²) in [6.07, 6.45) is 0. The number of phenols is 1. The molecule has 114 heavy (non-hydrogen) atoms. The number of nitrogens with zero attached hydrogens (tertiary/aromatic N) is 4. The molecule has 16 rings (SSSR count). The number of nitrogens with one attached hydrogen (secondary N) is 4. The van der Waals surface area contributed by atoms with E-state index in [2.05, 4.69) is 21.3 Å². The number of para-hydroxylation sites is 4. The summed E-state index contributed by atoms with van der Waals surface area (Å²) in [7, 11) is 0. The third-order valence-electron chi connectivity index (χ3n) is 18.3. The Morgan fingerprint density at radius 1 is 0.333 bits per heavy atom. The van der Waals surface area contributed by atoms with Crippen molar-refractivity contribution in [3.05, 3.63) is 320 Å². The number of rotatable bonds is 9. The van der Waals surface area contributed by atoms with Gasteiger partial charge in [0.25, 0.3) is 0 Å². The predicted octanol–water partition coefficient (Wildman–Crippen LogP) is 27.5. The number of fused-ring (bicyclic) bond motifs is 4. The molecule has 0 aromatic heterocycles. The van der Waals surface area contributed by atoms with Crippen LogP contribution < -0.4 is 40.9 Å². The molecule has 0 bridgehead atoms. The molecule has 588 valence electrons. The van der Waals surface area contributed by atoms with Gasteiger partial charge in [-0.15, -0.1) is 0 Å². The quantitative estimate of drug-likeness (QED) is 0.0786. The first-order valence-corrected chi connectivity index (χ1v) is 36.6. The zero-order chi connectivity index (χ0) is 78.1. The van der Waals surface area contributed by atoms with Crippen LogP contribution in [0, 0.1) is 36.0 Å². The van der Waals surface area contributed by atoms with Crippen LogP contribution in [0.2, 0.25) is 45.2 Å². The van der Waals surface area contributed by atoms with Crippen LogP contribution in [-0.2, 0) is 32.8 Å². The number of hydrogen-bond donors (Lipinski definition) is 6. The molecule has 6 N–H and O–H groups in total. The van der Waals surface area contributed by atoms with Crippen molar-refractivity contribution >= 4 is 174 Å². The van der Waals surface area contributed by atoms with Crippen LogP contribution in [0.25, 0.3) is 44.5 Å². The monoisotopic (exact) mass is 1720 g/mol. The largest absolute Gasteiger partial charge is 0.507 e. The minimum absolute atomic E-state index is 0. The van der Waals surface area contributed by atoms with E-state index in [1.165, 1.54) is 43.9 Å². The average Bonchev–Trinajstić information content (AvgIpc) is 0.767. The Balaban J connectivity index is 0.000000172. The summed E-state index contributed by atoms with van der Waals surface area (Å²) in [5.41, 5.74) is 12.5. The standard InChI is InChI=1S/C21H15Cl3N2O2.C21H15Cl2FN2O.C20H12Cl2F2N2O2.C20H12Cl2F2N2O.4CH4/c22-16-6-1-4-13(15(16)11-27)12-5-2-9-19-14(12)10-25-21(28)26(19)20-17(23)7-3-8-18(20)24;1-12-10-13(24)8-9-14(12)15-4-2-7-19-16(15)11-25-21(27)26(19)20-17(22)5-3-6-18(20)23;21-12-4-2-5-13(22)19(12)26-15-6-1-3-10(11(15)9-25-20(26)28)17-16(27)8-7-14(23)18(17)24;21-15-4-2-5-16(22)19(15)26-18-6-1-3-12(14(18)10-25-20(26)27)13-8-7-11(23)9-17(13)24;;;;/h1-9,27H,10-11H2,(H,25,28);2-10H,11H2,1H3,(H,25,27);1-8,27H,9H2,(H,25,28);1-9H,10H2,(H,25,27);4*1H4. The molecule has 28 heteroatoms. The van der Waals surface area contributed by atoms with Crippen molar-refractivity contribution in [3.63, 3.8) is 0 Å². The molecule has 0 spiro atoms. The smallest absolute Gasteiger partial charge is 0.326 e. The Morgan fingerprint density at radius 2 is 0.623 bits per heavy atom. The molecule has 0 saturated carbocycles. The Labute approximate surface area is 700 Å². The van der Waals surface area contributed by atoms with Gasteiger partial charge in [0.2, 0.25) is 0 Å². The average molecular weight is 1730 g/mol. The number of aromatic hydroxyl groups is 1. The van der Waals surface area contributed by atoms with Crippen molar-refractivity contribution in [1.29, 1.82) is 0 Å². The third-order valence-corrected chi connectivity index (χ3v) is 21.1. The van der Waals surface area contributed by atoms with Gasteiger partial charge in [0.05, 0.1) is 97.9 Å². The number of aryl methyl sites for hydroxylation is 1. The molecule has 0 aliphatic carbocycles. The van der Waals surface area contributed by atoms with Crippen molar-refractivity contribution in [1.82, 2.24) is 21.3 Å². The number of aliphatic hydroxyl groups excluding tert-OH is 1. The second-order valence-electron chi connectivity index (χ2n) is 24.7. The summed E-state index contributed by atoms with van der Waals surface area (Å²) >= 11 is 56.8. The topological polar surface area (TPSA) is 170 Å². The number of hydrogen-bond acceptors (Lipinski definition) is 6. The summed E-state index contributed by atoms with van der Waals surface area (Å²) in [5.74, 6) is -4.28. The predicted molar refractivity (Wildman–Crippen MR) is 455 cm³/mol. The van der Waals surface area contributed by atoms with Crippen molar-refractivity contribution in [2.45, 2.75) is 69.4 Å². The molecule has 14 nitrogen and oxygen atoms in total. The molecule has 8 amide bonds. The Kier molecular flexibility index (Phi) is 28.7. The van der Waals surface area contributed by atoms with Gasteiger partial charge in [0.1, 0.15) is 23.2 Å². The fourth-order valence-corrected chi connectivity index (χ4v) is 15.9. The zero-order valence-electron chi connectivity index (χ0n) is 56.9. The SMILES string of the molecule is C.C.C.C.Cc1cc(F)ccc1-c1cccc2c1CNC(=O)N2c1c(Cl)cccc1Cl.O=C1NCc2c(-c3c(O)ccc(F)c3F)cccc2N1c1c(Cl)cccc1Cl.O=C1NCc2c(-c3ccc(F)cc3F)cccc2N1c1c(Cl)cccc1Cl.O=C1NCc2c(-c3cccc(Cl)c3CO)cccc2N1c1c(Cl)cccc1Cl. The summed E-state index contributed by atoms with van der Waals surface area (Å²) < 4.78 is 69.4. The van der Waals surface area contributed by atoms with Gasteiger partial charge in [-0.3, -0.25) is 19.6 Å². The fourth-order valence-electron chi connectivity index (χ4n) is 13.4. The van der Waals surface area contributed by atoms with Crippen LogP contribution >= 0.6 is 104 Å². The van der Waals surface area contributed by atoms with Crippen molar-refractivity contribution in [3.8, 4) is 50.3 Å². The summed E-state index contributed by atoms with van der Waals surface area (Å²) in [6, 6.07) is 55.3. The molecule has 4 aliphatic heterocycles. The molecule has 0 fully saturated rings. The maximum Gasteiger partial charge on any atom is 0.326 e. The number of anilines is 8. The summed E-state index contributed by atoms with van der Waals surface area (Å²) in [4.78, 5) is 56.2. The van der Waals surface area contributed by atoms with E-state index in [0.717, 1.165) is 57.1 Å². The highest BCUT2D eigenvalue weighted by atomic mass is 35.5. The first-order chi connectivity index (χ1) is 52.9. The number of aliphatic hydroxyl groups is 1. The molecule has 0 radical (unpaired) electrons. The van der Waals surface area contributed by atoms with E-state index in [0.29, 0.717) is 110 Å². The Hall–Kier alpha value is -10.3. The highest BCUT2D eigenvalue weighted by Gasteiger charge is 2.36. The fraction of sp³-hybridized carbons (Fsp3) is 0.116. The number of phenolic OH excluding ortho intramolecular Hbond substituents is 1. The van der Waals surface area contributed by atoms with Crippen LogP contribution in [0.3, 0.4) is 0 Å². The second kappa shape index (κ2) is 37.3. The lowest BCUT2D eigenvalue weighted by atomic mass is 9.93. The number of urea groups is 4. The molecule has 12 aromatic rings. The lowest BCUT2D eigenvalue weighted by Gasteiger charge is -2.32. The van der Waals surface area contributed by atoms with E-state index in [1.54, 1.807) is 121 Å². The minimum atomic E-state index is -1.17. The first kappa shape index (κ1) is 87.7. The van der Waals surface area contributed by atoms with Crippen LogP contribution in [0.15, 0.2) is 212 Å². The van der Waals surface area contributed by atoms with Crippen molar-refractivity contribution in [2.75, 3.05) is 19.6 Å². The van der Waals surface area contributed by atoms with E-state index in [4.69, 9.17) is 104 Å². The second-order valence-corrected chi connectivity index (χ2v) is 28.4. The van der Waals surface area contributed by atoms with Crippen LogP contribution in [0.1, 0.15) is 63.1 Å². The van der Waals surface area contributed by atoms with Crippen LogP contribution in [0.5, 0.6) is 5.75 Å². The minimum Gasteiger partial charge on any atom is -0.507 e. The molecule has 12 aromatic carbocycles. The van der Waals surface area contributed by atoms with Gasteiger partial charge < -0.3 is 31.5 Å². The van der Waals surface area contributed by atoms with Gasteiger partial charge in [-0.05, 0) is 161 Å². The highest BCUT2D eigenvalue weighted by molar-refractivity contribution is 6.43. The van der Waals surface area contributed by atoms with E-state index in [1.807, 2.05) is 55.5 Å². The number of carbonyl (C=O) groups excluding carboxylic acids is 4. The Bertz CT molecular complexity index is 5480. The Morgan fingerprint density at radius 3 is 0.974 bits per heavy atom. The van der Waals surface area contributed by atoms with E-state index >= 15 is 0 Å². The zero-order valence-corrected chi connectivity index (χ0v) is 63.7. The maximum atomic E-state index is 14.5. The van der Waals surface area contributed by atoms with E-state index in [9.17, 15) is 51.3 Å². The van der Waals surface area contributed by atoms with Crippen molar-refractivity contribution < 1.29 is 51.3 Å². The molecular formula is C86H70Cl9F5N8O6. The molecule has 0 unspecified atom stereocenters. The lowest BCUT2D eigenvalue weighted by Crippen LogP contribution is -2.41. The third kappa shape index (κ3) is 17.2. The highest BCUT2D eigenvalue weighted by Crippen LogP contribution is 2.50. The van der Waals surface area contributed by atoms with Gasteiger partial charge in [-0.2, -0.15) is 0 Å². The van der Waals surface area contributed by atoms with Gasteiger partial charge in [-0.25, -0.2) is 41.1 Å². The molecule has 4 heterocycles. The number of amides is 8. The van der Waals surface area contributed by atoms with Gasteiger partial charge in [0, 0.05) is 70.6 Å². The first-order valence-electron chi connectivity index (χ1n) is 33.2. The van der Waals surface area contributed by atoms with E-state index < -0.39 is 41.1 Å². The van der Waals surface area contributed by atoms with E-state index in [-0.39, 0.29) is 99.7 Å². The lowest BCUT2D eigenvalue weighted by molar-refractivity contribution is 0.246. The normalized spacial score (nSPS) is 12.8. The van der Waals surface area contributed by atoms with Gasteiger partial charge in [0.15, 0.2) is 11.6 Å².